The van der Waals surface area contributed by atoms with Crippen LogP contribution in [0.4, 0.5) is 17.1 Å². The average molecular weight is 394 g/mol. The highest BCUT2D eigenvalue weighted by atomic mass is 35.5. The minimum atomic E-state index is -0.0852. The number of carbonyl (C=O) groups excluding carboxylic acids is 1. The summed E-state index contributed by atoms with van der Waals surface area (Å²) in [6, 6.07) is 27.8. The number of rotatable bonds is 4. The Kier molecular flexibility index (Phi) is 5.93. The van der Waals surface area contributed by atoms with Crippen LogP contribution >= 0.6 is 0 Å². The van der Waals surface area contributed by atoms with Crippen molar-refractivity contribution in [2.24, 2.45) is 5.10 Å². The molecule has 0 saturated heterocycles. The van der Waals surface area contributed by atoms with Gasteiger partial charge < -0.3 is 17.7 Å². The van der Waals surface area contributed by atoms with Crippen LogP contribution in [0.3, 0.4) is 0 Å². The molecule has 28 heavy (non-hydrogen) atoms. The predicted octanol–water partition coefficient (Wildman–Crippen LogP) is -0.269. The summed E-state index contributed by atoms with van der Waals surface area (Å²) in [4.78, 5) is 11.2. The number of quaternary nitrogens is 1. The van der Waals surface area contributed by atoms with Gasteiger partial charge in [-0.2, -0.15) is 5.43 Å². The van der Waals surface area contributed by atoms with E-state index in [1.165, 1.54) is 6.92 Å². The summed E-state index contributed by atoms with van der Waals surface area (Å²) in [6.45, 7) is 1.50. The van der Waals surface area contributed by atoms with E-state index in [1.54, 1.807) is 0 Å². The Balaban J connectivity index is 0.00000225. The largest absolute Gasteiger partial charge is 1.00 e. The maximum absolute atomic E-state index is 11.2. The van der Waals surface area contributed by atoms with Gasteiger partial charge in [0, 0.05) is 12.6 Å². The first-order chi connectivity index (χ1) is 13.2. The van der Waals surface area contributed by atoms with E-state index in [9.17, 15) is 4.79 Å². The van der Waals surface area contributed by atoms with Crippen LogP contribution in [-0.2, 0) is 4.79 Å². The summed E-state index contributed by atoms with van der Waals surface area (Å²) in [7, 11) is 0. The molecule has 6 nitrogen and oxygen atoms in total. The van der Waals surface area contributed by atoms with Gasteiger partial charge in [0.15, 0.2) is 0 Å². The van der Waals surface area contributed by atoms with E-state index in [2.05, 4.69) is 5.32 Å². The van der Waals surface area contributed by atoms with Crippen LogP contribution in [-0.4, -0.2) is 11.7 Å². The van der Waals surface area contributed by atoms with Crippen LogP contribution < -0.4 is 33.4 Å². The van der Waals surface area contributed by atoms with E-state index in [4.69, 9.17) is 5.10 Å². The molecule has 0 atom stereocenters. The molecule has 0 aromatic heterocycles. The minimum absolute atomic E-state index is 0. The van der Waals surface area contributed by atoms with Gasteiger partial charge in [0.1, 0.15) is 5.69 Å². The van der Waals surface area contributed by atoms with Gasteiger partial charge in [-0.05, 0) is 48.5 Å². The standard InChI is InChI=1S/C21H19N5O.ClH/c1-16(27)22-18-14-12-17(13-15-18)21-23-25(19-8-4-2-5-9-19)26(24-21)20-10-6-3-7-11-20;/h2-15H,1H3,(H,22,27)(H,23,24);1H. The molecule has 0 spiro atoms. The second-order valence-corrected chi connectivity index (χ2v) is 6.18. The number of hydrogen-bond acceptors (Lipinski definition) is 4. The third kappa shape index (κ3) is 4.14. The lowest BCUT2D eigenvalue weighted by Gasteiger charge is -2.23. The molecule has 3 N–H and O–H groups in total. The monoisotopic (exact) mass is 393 g/mol. The number of carbonyl (C=O) groups is 1. The molecule has 1 aliphatic rings. The Labute approximate surface area is 169 Å². The Morgan fingerprint density at radius 2 is 1.43 bits per heavy atom. The molecule has 1 amide bonds. The van der Waals surface area contributed by atoms with Crippen LogP contribution in [0.2, 0.25) is 0 Å². The summed E-state index contributed by atoms with van der Waals surface area (Å²) < 4.78 is 0. The Morgan fingerprint density at radius 3 is 2.00 bits per heavy atom. The fourth-order valence-electron chi connectivity index (χ4n) is 2.91. The number of hydrogen-bond donors (Lipinski definition) is 2. The third-order valence-electron chi connectivity index (χ3n) is 4.16. The molecule has 0 radical (unpaired) electrons. The number of amidine groups is 1. The second-order valence-electron chi connectivity index (χ2n) is 6.18. The minimum Gasteiger partial charge on any atom is -1.00 e. The molecule has 0 fully saturated rings. The number of amides is 1. The number of hydrazone groups is 1. The van der Waals surface area contributed by atoms with Crippen LogP contribution in [0.5, 0.6) is 0 Å². The second kappa shape index (κ2) is 8.56. The molecule has 3 aromatic rings. The van der Waals surface area contributed by atoms with Crippen LogP contribution in [0.15, 0.2) is 90.0 Å². The van der Waals surface area contributed by atoms with Gasteiger partial charge in [-0.25, -0.2) is 0 Å². The van der Waals surface area contributed by atoms with Crippen molar-refractivity contribution in [1.82, 2.24) is 0 Å². The quantitative estimate of drug-likeness (QED) is 0.600. The number of halogens is 1. The van der Waals surface area contributed by atoms with Crippen molar-refractivity contribution in [1.29, 1.82) is 0 Å². The third-order valence-corrected chi connectivity index (χ3v) is 4.16. The maximum Gasteiger partial charge on any atom is 0.277 e. The first-order valence-corrected chi connectivity index (χ1v) is 8.71. The number of nitrogens with one attached hydrogen (secondary N) is 1. The molecule has 0 saturated carbocycles. The van der Waals surface area contributed by atoms with E-state index in [-0.39, 0.29) is 18.3 Å². The highest BCUT2D eigenvalue weighted by Gasteiger charge is 2.31. The van der Waals surface area contributed by atoms with Gasteiger partial charge in [-0.1, -0.05) is 41.5 Å². The van der Waals surface area contributed by atoms with Gasteiger partial charge in [0.2, 0.25) is 5.91 Å². The average Bonchev–Trinajstić information content (AvgIpc) is 3.15. The molecule has 1 aliphatic heterocycles. The number of nitrogens with zero attached hydrogens (tertiary/aromatic N) is 3. The van der Waals surface area contributed by atoms with Gasteiger partial charge in [0.05, 0.1) is 11.3 Å². The summed E-state index contributed by atoms with van der Waals surface area (Å²) in [6.07, 6.45) is 0. The van der Waals surface area contributed by atoms with Crippen molar-refractivity contribution in [2.75, 3.05) is 15.6 Å². The van der Waals surface area contributed by atoms with Gasteiger partial charge in [0.25, 0.3) is 5.84 Å². The van der Waals surface area contributed by atoms with E-state index < -0.39 is 0 Å². The van der Waals surface area contributed by atoms with E-state index in [1.807, 2.05) is 101 Å². The molecule has 3 aromatic carbocycles. The van der Waals surface area contributed by atoms with E-state index in [0.717, 1.165) is 28.5 Å². The fourth-order valence-corrected chi connectivity index (χ4v) is 2.91. The SMILES string of the molecule is CC(=O)Nc1ccc(C2=NN(c3ccccc3)N(c3ccccc3)[NH2+]2)cc1.[Cl-]. The maximum atomic E-state index is 11.2. The molecule has 0 unspecified atom stereocenters. The van der Waals surface area contributed by atoms with E-state index in [0.29, 0.717) is 0 Å². The lowest BCUT2D eigenvalue weighted by atomic mass is 10.2. The van der Waals surface area contributed by atoms with E-state index >= 15 is 0 Å². The molecule has 1 heterocycles. The Morgan fingerprint density at radius 1 is 0.857 bits per heavy atom. The molecular formula is C21H20ClN5O. The highest BCUT2D eigenvalue weighted by Crippen LogP contribution is 2.22. The zero-order chi connectivity index (χ0) is 18.6. The highest BCUT2D eigenvalue weighted by molar-refractivity contribution is 5.95. The molecule has 7 heteroatoms. The fraction of sp³-hybridized carbons (Fsp3) is 0.0476. The van der Waals surface area contributed by atoms with Crippen molar-refractivity contribution in [3.63, 3.8) is 0 Å². The summed E-state index contributed by atoms with van der Waals surface area (Å²) in [5.74, 6) is 0.759. The lowest BCUT2D eigenvalue weighted by Crippen LogP contribution is -3.00. The topological polar surface area (TPSA) is 64.6 Å². The molecule has 142 valence electrons. The molecule has 0 aliphatic carbocycles. The van der Waals surface area contributed by atoms with Crippen LogP contribution in [0, 0.1) is 0 Å². The Hall–Kier alpha value is -3.35. The first kappa shape index (κ1) is 19.4. The summed E-state index contributed by atoms with van der Waals surface area (Å²) in [5.41, 5.74) is 5.75. The lowest BCUT2D eigenvalue weighted by molar-refractivity contribution is -0.545. The van der Waals surface area contributed by atoms with Gasteiger partial charge in [-0.15, -0.1) is 10.2 Å². The smallest absolute Gasteiger partial charge is 0.277 e. The Bertz CT molecular complexity index is 961. The van der Waals surface area contributed by atoms with Crippen molar-refractivity contribution in [3.05, 3.63) is 90.5 Å². The molecule has 4 rings (SSSR count). The first-order valence-electron chi connectivity index (χ1n) is 8.71. The van der Waals surface area contributed by atoms with Crippen LogP contribution in [0.1, 0.15) is 12.5 Å². The number of nitrogens with two attached hydrogens (primary N) is 1. The molecule has 0 bridgehead atoms. The van der Waals surface area contributed by atoms with Crippen molar-refractivity contribution < 1.29 is 22.6 Å². The number of para-hydroxylation sites is 2. The zero-order valence-electron chi connectivity index (χ0n) is 15.3. The van der Waals surface area contributed by atoms with Crippen molar-refractivity contribution >= 4 is 28.8 Å². The number of hydrazine groups is 1. The summed E-state index contributed by atoms with van der Waals surface area (Å²) >= 11 is 0. The van der Waals surface area contributed by atoms with Gasteiger partial charge >= 0.3 is 0 Å². The van der Waals surface area contributed by atoms with Crippen LogP contribution in [0.25, 0.3) is 0 Å². The normalized spacial score (nSPS) is 13.0. The molecular weight excluding hydrogens is 374 g/mol. The predicted molar refractivity (Wildman–Crippen MR) is 107 cm³/mol. The van der Waals surface area contributed by atoms with Crippen molar-refractivity contribution in [3.8, 4) is 0 Å². The van der Waals surface area contributed by atoms with Crippen molar-refractivity contribution in [2.45, 2.75) is 6.92 Å². The number of anilines is 3. The number of benzene rings is 3. The summed E-state index contributed by atoms with van der Waals surface area (Å²) in [5, 5.41) is 11.5. The van der Waals surface area contributed by atoms with Gasteiger partial charge in [-0.3, -0.25) is 4.79 Å². The zero-order valence-corrected chi connectivity index (χ0v) is 16.0.